The molecule has 9 heteroatoms. The Labute approximate surface area is 188 Å². The van der Waals surface area contributed by atoms with Gasteiger partial charge in [0, 0.05) is 48.9 Å². The number of piperidine rings is 1. The summed E-state index contributed by atoms with van der Waals surface area (Å²) < 4.78 is 3.06. The molecule has 1 aliphatic rings. The molecule has 2 aromatic heterocycles. The standard InChI is InChI=1S/C21H22Cl2N4O2S/c1-2-25-10-11-27(21(25)29)12-18(28)26-8-6-14(7-9-26)17-13-30-20(24-17)15-4-3-5-16(22)19(15)23/h3-5,10-11,13-14H,2,6-9,12H2,1H3. The zero-order chi connectivity index (χ0) is 21.3. The van der Waals surface area contributed by atoms with Crippen LogP contribution in [0.15, 0.2) is 40.8 Å². The fourth-order valence-electron chi connectivity index (χ4n) is 3.75. The highest BCUT2D eigenvalue weighted by Gasteiger charge is 2.26. The topological polar surface area (TPSA) is 60.1 Å². The number of benzene rings is 1. The van der Waals surface area contributed by atoms with Crippen LogP contribution in [0.4, 0.5) is 0 Å². The van der Waals surface area contributed by atoms with E-state index in [0.29, 0.717) is 35.6 Å². The van der Waals surface area contributed by atoms with Crippen LogP contribution in [0.25, 0.3) is 10.6 Å². The average molecular weight is 465 g/mol. The van der Waals surface area contributed by atoms with Crippen LogP contribution < -0.4 is 5.69 Å². The Morgan fingerprint density at radius 2 is 1.93 bits per heavy atom. The number of likely N-dealkylation sites (tertiary alicyclic amines) is 1. The number of thiazole rings is 1. The van der Waals surface area contributed by atoms with Gasteiger partial charge in [-0.05, 0) is 25.8 Å². The molecule has 158 valence electrons. The second-order valence-electron chi connectivity index (χ2n) is 7.33. The van der Waals surface area contributed by atoms with Crippen LogP contribution in [0, 0.1) is 0 Å². The van der Waals surface area contributed by atoms with Gasteiger partial charge in [0.05, 0.1) is 15.7 Å². The Hall–Kier alpha value is -2.09. The van der Waals surface area contributed by atoms with Gasteiger partial charge in [-0.25, -0.2) is 9.78 Å². The molecule has 1 fully saturated rings. The molecule has 0 aliphatic carbocycles. The maximum Gasteiger partial charge on any atom is 0.328 e. The van der Waals surface area contributed by atoms with Crippen molar-refractivity contribution >= 4 is 40.4 Å². The summed E-state index contributed by atoms with van der Waals surface area (Å²) in [7, 11) is 0. The minimum Gasteiger partial charge on any atom is -0.341 e. The zero-order valence-electron chi connectivity index (χ0n) is 16.6. The first-order valence-electron chi connectivity index (χ1n) is 9.91. The average Bonchev–Trinajstić information content (AvgIpc) is 3.37. The summed E-state index contributed by atoms with van der Waals surface area (Å²) in [4.78, 5) is 31.4. The van der Waals surface area contributed by atoms with Gasteiger partial charge >= 0.3 is 5.69 Å². The van der Waals surface area contributed by atoms with Gasteiger partial charge in [0.1, 0.15) is 11.6 Å². The number of imidazole rings is 1. The van der Waals surface area contributed by atoms with E-state index in [0.717, 1.165) is 29.1 Å². The first-order valence-corrected chi connectivity index (χ1v) is 11.5. The van der Waals surface area contributed by atoms with Crippen molar-refractivity contribution in [3.05, 3.63) is 62.2 Å². The number of hydrogen-bond donors (Lipinski definition) is 0. The second kappa shape index (κ2) is 8.96. The van der Waals surface area contributed by atoms with E-state index >= 15 is 0 Å². The fraction of sp³-hybridized carbons (Fsp3) is 0.381. The van der Waals surface area contributed by atoms with Gasteiger partial charge in [0.25, 0.3) is 0 Å². The molecule has 0 radical (unpaired) electrons. The van der Waals surface area contributed by atoms with Crippen molar-refractivity contribution in [2.45, 2.75) is 38.8 Å². The SMILES string of the molecule is CCn1ccn(CC(=O)N2CCC(c3csc(-c4cccc(Cl)c4Cl)n3)CC2)c1=O. The molecule has 1 saturated heterocycles. The smallest absolute Gasteiger partial charge is 0.328 e. The van der Waals surface area contributed by atoms with Gasteiger partial charge < -0.3 is 4.90 Å². The summed E-state index contributed by atoms with van der Waals surface area (Å²) in [5, 5.41) is 3.97. The van der Waals surface area contributed by atoms with Gasteiger partial charge in [0.2, 0.25) is 5.91 Å². The van der Waals surface area contributed by atoms with Crippen molar-refractivity contribution < 1.29 is 4.79 Å². The van der Waals surface area contributed by atoms with E-state index < -0.39 is 0 Å². The lowest BCUT2D eigenvalue weighted by Gasteiger charge is -2.31. The van der Waals surface area contributed by atoms with E-state index in [9.17, 15) is 9.59 Å². The number of carbonyl (C=O) groups is 1. The van der Waals surface area contributed by atoms with Crippen LogP contribution in [-0.2, 0) is 17.9 Å². The summed E-state index contributed by atoms with van der Waals surface area (Å²) in [6, 6.07) is 5.56. The first-order chi connectivity index (χ1) is 14.5. The number of hydrogen-bond acceptors (Lipinski definition) is 4. The number of aryl methyl sites for hydroxylation is 1. The lowest BCUT2D eigenvalue weighted by atomic mass is 9.94. The van der Waals surface area contributed by atoms with E-state index in [1.54, 1.807) is 34.4 Å². The maximum absolute atomic E-state index is 12.6. The van der Waals surface area contributed by atoms with Crippen molar-refractivity contribution in [1.82, 2.24) is 19.0 Å². The molecule has 0 bridgehead atoms. The predicted octanol–water partition coefficient (Wildman–Crippen LogP) is 4.51. The number of amides is 1. The lowest BCUT2D eigenvalue weighted by Crippen LogP contribution is -2.41. The molecule has 3 aromatic rings. The van der Waals surface area contributed by atoms with Crippen molar-refractivity contribution in [2.75, 3.05) is 13.1 Å². The minimum absolute atomic E-state index is 0.0194. The quantitative estimate of drug-likeness (QED) is 0.557. The number of rotatable bonds is 5. The molecule has 0 atom stereocenters. The van der Waals surface area contributed by atoms with Crippen molar-refractivity contribution in [3.63, 3.8) is 0 Å². The molecule has 0 saturated carbocycles. The molecule has 1 amide bonds. The highest BCUT2D eigenvalue weighted by Crippen LogP contribution is 2.37. The summed E-state index contributed by atoms with van der Waals surface area (Å²) in [5.74, 6) is 0.287. The Kier molecular flexibility index (Phi) is 6.32. The molecule has 3 heterocycles. The highest BCUT2D eigenvalue weighted by atomic mass is 35.5. The third-order valence-corrected chi connectivity index (χ3v) is 7.25. The fourth-order valence-corrected chi connectivity index (χ4v) is 5.13. The monoisotopic (exact) mass is 464 g/mol. The first kappa shape index (κ1) is 21.2. The van der Waals surface area contributed by atoms with Gasteiger partial charge in [-0.3, -0.25) is 13.9 Å². The Morgan fingerprint density at radius 1 is 1.20 bits per heavy atom. The molecule has 0 unspecified atom stereocenters. The van der Waals surface area contributed by atoms with Crippen molar-refractivity contribution in [2.24, 2.45) is 0 Å². The molecule has 1 aliphatic heterocycles. The van der Waals surface area contributed by atoms with Crippen molar-refractivity contribution in [1.29, 1.82) is 0 Å². The summed E-state index contributed by atoms with van der Waals surface area (Å²) in [5.41, 5.74) is 1.74. The molecule has 30 heavy (non-hydrogen) atoms. The molecular formula is C21H22Cl2N4O2S. The Bertz CT molecular complexity index is 1110. The summed E-state index contributed by atoms with van der Waals surface area (Å²) >= 11 is 14.0. The van der Waals surface area contributed by atoms with Crippen molar-refractivity contribution in [3.8, 4) is 10.6 Å². The molecule has 6 nitrogen and oxygen atoms in total. The van der Waals surface area contributed by atoms with Crippen LogP contribution in [0.2, 0.25) is 10.0 Å². The molecule has 0 N–H and O–H groups in total. The predicted molar refractivity (Wildman–Crippen MR) is 120 cm³/mol. The number of aromatic nitrogens is 3. The summed E-state index contributed by atoms with van der Waals surface area (Å²) in [6.45, 7) is 3.92. The third kappa shape index (κ3) is 4.19. The van der Waals surface area contributed by atoms with Crippen LogP contribution in [-0.4, -0.2) is 38.0 Å². The molecule has 1 aromatic carbocycles. The summed E-state index contributed by atoms with van der Waals surface area (Å²) in [6.07, 6.45) is 5.09. The minimum atomic E-state index is -0.143. The van der Waals surface area contributed by atoms with Gasteiger partial charge in [-0.2, -0.15) is 0 Å². The van der Waals surface area contributed by atoms with Crippen LogP contribution >= 0.6 is 34.5 Å². The largest absolute Gasteiger partial charge is 0.341 e. The van der Waals surface area contributed by atoms with Gasteiger partial charge in [0.15, 0.2) is 0 Å². The van der Waals surface area contributed by atoms with E-state index in [1.807, 2.05) is 24.0 Å². The Morgan fingerprint density at radius 3 is 2.63 bits per heavy atom. The number of carbonyl (C=O) groups excluding carboxylic acids is 1. The molecule has 4 rings (SSSR count). The van der Waals surface area contributed by atoms with Crippen LogP contribution in [0.5, 0.6) is 0 Å². The van der Waals surface area contributed by atoms with E-state index in [2.05, 4.69) is 5.38 Å². The van der Waals surface area contributed by atoms with Gasteiger partial charge in [-0.15, -0.1) is 11.3 Å². The van der Waals surface area contributed by atoms with E-state index in [4.69, 9.17) is 28.2 Å². The van der Waals surface area contributed by atoms with Gasteiger partial charge in [-0.1, -0.05) is 35.3 Å². The number of nitrogens with zero attached hydrogens (tertiary/aromatic N) is 4. The lowest BCUT2D eigenvalue weighted by molar-refractivity contribution is -0.132. The molecule has 0 spiro atoms. The normalized spacial score (nSPS) is 15.0. The zero-order valence-corrected chi connectivity index (χ0v) is 18.9. The maximum atomic E-state index is 12.6. The van der Waals surface area contributed by atoms with Crippen LogP contribution in [0.1, 0.15) is 31.4 Å². The van der Waals surface area contributed by atoms with E-state index in [-0.39, 0.29) is 18.1 Å². The third-order valence-electron chi connectivity index (χ3n) is 5.53. The Balaban J connectivity index is 1.38. The highest BCUT2D eigenvalue weighted by molar-refractivity contribution is 7.13. The van der Waals surface area contributed by atoms with E-state index in [1.165, 1.54) is 4.57 Å². The molecular weight excluding hydrogens is 443 g/mol. The van der Waals surface area contributed by atoms with Crippen LogP contribution in [0.3, 0.4) is 0 Å². The number of halogens is 2. The second-order valence-corrected chi connectivity index (χ2v) is 8.97.